The highest BCUT2D eigenvalue weighted by Gasteiger charge is 2.46. The number of allylic oxidation sites excluding steroid dienone is 1. The predicted molar refractivity (Wildman–Crippen MR) is 42.1 cm³/mol. The van der Waals surface area contributed by atoms with Crippen LogP contribution in [0.4, 0.5) is 0 Å². The largest absolute Gasteiger partial charge is 0.326 e. The van der Waals surface area contributed by atoms with Gasteiger partial charge in [-0.1, -0.05) is 12.2 Å². The van der Waals surface area contributed by atoms with Gasteiger partial charge in [0.15, 0.2) is 0 Å². The molecule has 0 saturated heterocycles. The maximum absolute atomic E-state index is 11.1. The molecule has 4 heteroatoms. The Hall–Kier alpha value is -0.870. The van der Waals surface area contributed by atoms with Gasteiger partial charge in [-0.05, 0) is 18.3 Å². The van der Waals surface area contributed by atoms with Gasteiger partial charge in [-0.2, -0.15) is 0 Å². The molecule has 4 N–H and O–H groups in total. The zero-order valence-corrected chi connectivity index (χ0v) is 6.60. The Morgan fingerprint density at radius 2 is 2.17 bits per heavy atom. The van der Waals surface area contributed by atoms with Crippen LogP contribution < -0.4 is 11.2 Å². The molecule has 66 valence electrons. The van der Waals surface area contributed by atoms with Crippen LogP contribution in [0.15, 0.2) is 12.2 Å². The van der Waals surface area contributed by atoms with Gasteiger partial charge in [0.25, 0.3) is 0 Å². The van der Waals surface area contributed by atoms with Crippen molar-refractivity contribution in [1.82, 2.24) is 5.48 Å². The van der Waals surface area contributed by atoms with E-state index in [0.29, 0.717) is 5.92 Å². The summed E-state index contributed by atoms with van der Waals surface area (Å²) in [6.07, 6.45) is 5.05. The van der Waals surface area contributed by atoms with Crippen molar-refractivity contribution in [3.05, 3.63) is 12.2 Å². The highest BCUT2D eigenvalue weighted by Crippen LogP contribution is 2.42. The SMILES string of the molecule is N[C@H]1[C@@H](C(=O)NO)[C@H]2C=C[C@@H]1C2. The van der Waals surface area contributed by atoms with E-state index in [-0.39, 0.29) is 23.8 Å². The van der Waals surface area contributed by atoms with Crippen molar-refractivity contribution in [3.63, 3.8) is 0 Å². The molecule has 0 heterocycles. The molecule has 1 fully saturated rings. The monoisotopic (exact) mass is 168 g/mol. The Balaban J connectivity index is 2.18. The van der Waals surface area contributed by atoms with Crippen LogP contribution in [-0.4, -0.2) is 17.2 Å². The van der Waals surface area contributed by atoms with E-state index in [0.717, 1.165) is 6.42 Å². The number of nitrogens with two attached hydrogens (primary N) is 1. The van der Waals surface area contributed by atoms with Gasteiger partial charge in [0.1, 0.15) is 0 Å². The fourth-order valence-corrected chi connectivity index (χ4v) is 2.30. The van der Waals surface area contributed by atoms with Crippen molar-refractivity contribution in [2.75, 3.05) is 0 Å². The molecule has 0 radical (unpaired) electrons. The molecular weight excluding hydrogens is 156 g/mol. The molecule has 4 atom stereocenters. The van der Waals surface area contributed by atoms with Crippen LogP contribution in [0.2, 0.25) is 0 Å². The van der Waals surface area contributed by atoms with E-state index in [2.05, 4.69) is 6.08 Å². The zero-order chi connectivity index (χ0) is 8.72. The number of nitrogens with one attached hydrogen (secondary N) is 1. The Labute approximate surface area is 70.4 Å². The van der Waals surface area contributed by atoms with Gasteiger partial charge in [-0.25, -0.2) is 5.48 Å². The van der Waals surface area contributed by atoms with E-state index in [1.54, 1.807) is 5.48 Å². The Morgan fingerprint density at radius 3 is 2.67 bits per heavy atom. The molecule has 0 unspecified atom stereocenters. The summed E-state index contributed by atoms with van der Waals surface area (Å²) >= 11 is 0. The lowest BCUT2D eigenvalue weighted by atomic mass is 9.89. The third kappa shape index (κ3) is 0.884. The Morgan fingerprint density at radius 1 is 1.50 bits per heavy atom. The second kappa shape index (κ2) is 2.57. The fraction of sp³-hybridized carbons (Fsp3) is 0.625. The van der Waals surface area contributed by atoms with Crippen LogP contribution in [0.3, 0.4) is 0 Å². The number of rotatable bonds is 1. The average Bonchev–Trinajstić information content (AvgIpc) is 2.63. The van der Waals surface area contributed by atoms with Crippen molar-refractivity contribution in [2.24, 2.45) is 23.5 Å². The number of carbonyl (C=O) groups is 1. The summed E-state index contributed by atoms with van der Waals surface area (Å²) in [4.78, 5) is 11.1. The predicted octanol–water partition coefficient (Wildman–Crippen LogP) is -0.359. The van der Waals surface area contributed by atoms with E-state index >= 15 is 0 Å². The Bertz CT molecular complexity index is 239. The van der Waals surface area contributed by atoms with Gasteiger partial charge in [-0.3, -0.25) is 10.0 Å². The molecule has 2 rings (SSSR count). The first-order valence-corrected chi connectivity index (χ1v) is 4.12. The van der Waals surface area contributed by atoms with Crippen molar-refractivity contribution in [2.45, 2.75) is 12.5 Å². The first-order valence-electron chi connectivity index (χ1n) is 4.12. The molecule has 1 saturated carbocycles. The number of carbonyl (C=O) groups excluding carboxylic acids is 1. The minimum absolute atomic E-state index is 0.118. The van der Waals surface area contributed by atoms with Crippen LogP contribution >= 0.6 is 0 Å². The van der Waals surface area contributed by atoms with Gasteiger partial charge in [0, 0.05) is 6.04 Å². The second-order valence-electron chi connectivity index (χ2n) is 3.53. The molecule has 2 bridgehead atoms. The molecule has 2 aliphatic rings. The summed E-state index contributed by atoms with van der Waals surface area (Å²) in [7, 11) is 0. The molecule has 12 heavy (non-hydrogen) atoms. The van der Waals surface area contributed by atoms with E-state index in [1.807, 2.05) is 6.08 Å². The number of hydrogen-bond donors (Lipinski definition) is 3. The minimum Gasteiger partial charge on any atom is -0.326 e. The van der Waals surface area contributed by atoms with E-state index in [4.69, 9.17) is 10.9 Å². The number of fused-ring (bicyclic) bond motifs is 2. The summed E-state index contributed by atoms with van der Waals surface area (Å²) in [5.41, 5.74) is 7.49. The lowest BCUT2D eigenvalue weighted by Gasteiger charge is -2.21. The normalized spacial score (nSPS) is 43.5. The van der Waals surface area contributed by atoms with Crippen LogP contribution in [0.1, 0.15) is 6.42 Å². The fourth-order valence-electron chi connectivity index (χ4n) is 2.30. The molecule has 0 aromatic carbocycles. The first kappa shape index (κ1) is 7.76. The summed E-state index contributed by atoms with van der Waals surface area (Å²) in [6.45, 7) is 0. The zero-order valence-electron chi connectivity index (χ0n) is 6.60. The standard InChI is InChI=1S/C8H12N2O2/c9-7-5-2-1-4(3-5)6(7)8(11)10-12/h1-2,4-7,12H,3,9H2,(H,10,11)/t4-,5+,6-,7+/m0/s1. The quantitative estimate of drug-likeness (QED) is 0.284. The maximum Gasteiger partial charge on any atom is 0.248 e. The summed E-state index contributed by atoms with van der Waals surface area (Å²) in [6, 6.07) is -0.118. The highest BCUT2D eigenvalue weighted by atomic mass is 16.5. The van der Waals surface area contributed by atoms with Gasteiger partial charge in [0.2, 0.25) is 5.91 Å². The van der Waals surface area contributed by atoms with Crippen molar-refractivity contribution < 1.29 is 10.0 Å². The van der Waals surface area contributed by atoms with Gasteiger partial charge < -0.3 is 5.73 Å². The third-order valence-corrected chi connectivity index (χ3v) is 2.93. The lowest BCUT2D eigenvalue weighted by molar-refractivity contribution is -0.134. The molecule has 1 amide bonds. The molecule has 0 aromatic rings. The number of hydrogen-bond acceptors (Lipinski definition) is 3. The van der Waals surface area contributed by atoms with E-state index < -0.39 is 0 Å². The topological polar surface area (TPSA) is 75.4 Å². The molecule has 0 aliphatic heterocycles. The van der Waals surface area contributed by atoms with Gasteiger partial charge in [-0.15, -0.1) is 0 Å². The number of hydroxylamine groups is 1. The third-order valence-electron chi connectivity index (χ3n) is 2.93. The molecule has 0 spiro atoms. The maximum atomic E-state index is 11.1. The highest BCUT2D eigenvalue weighted by molar-refractivity contribution is 5.79. The van der Waals surface area contributed by atoms with Crippen LogP contribution in [0.25, 0.3) is 0 Å². The first-order chi connectivity index (χ1) is 5.74. The van der Waals surface area contributed by atoms with Gasteiger partial charge in [0.05, 0.1) is 5.92 Å². The molecule has 0 aromatic heterocycles. The van der Waals surface area contributed by atoms with Crippen LogP contribution in [-0.2, 0) is 4.79 Å². The average molecular weight is 168 g/mol. The van der Waals surface area contributed by atoms with Crippen molar-refractivity contribution >= 4 is 5.91 Å². The van der Waals surface area contributed by atoms with Gasteiger partial charge >= 0.3 is 0 Å². The Kier molecular flexibility index (Phi) is 1.66. The van der Waals surface area contributed by atoms with Crippen molar-refractivity contribution in [1.29, 1.82) is 0 Å². The summed E-state index contributed by atoms with van der Waals surface area (Å²) < 4.78 is 0. The molecular formula is C8H12N2O2. The lowest BCUT2D eigenvalue weighted by Crippen LogP contribution is -2.43. The smallest absolute Gasteiger partial charge is 0.248 e. The second-order valence-corrected chi connectivity index (χ2v) is 3.53. The van der Waals surface area contributed by atoms with E-state index in [9.17, 15) is 4.79 Å². The summed E-state index contributed by atoms with van der Waals surface area (Å²) in [5, 5.41) is 8.46. The van der Waals surface area contributed by atoms with E-state index in [1.165, 1.54) is 0 Å². The summed E-state index contributed by atoms with van der Waals surface area (Å²) in [5.74, 6) is -0.0150. The minimum atomic E-state index is -0.348. The van der Waals surface area contributed by atoms with Crippen LogP contribution in [0, 0.1) is 17.8 Å². The molecule has 4 nitrogen and oxygen atoms in total. The molecule has 2 aliphatic carbocycles. The van der Waals surface area contributed by atoms with Crippen molar-refractivity contribution in [3.8, 4) is 0 Å². The van der Waals surface area contributed by atoms with Crippen LogP contribution in [0.5, 0.6) is 0 Å². The number of amides is 1.